The lowest BCUT2D eigenvalue weighted by molar-refractivity contribution is -0.136. The average molecular weight is 240 g/mol. The second-order valence-corrected chi connectivity index (χ2v) is 6.39. The first-order valence-electron chi connectivity index (χ1n) is 6.48. The van der Waals surface area contributed by atoms with Crippen molar-refractivity contribution in [3.63, 3.8) is 0 Å². The van der Waals surface area contributed by atoms with Crippen LogP contribution in [0.1, 0.15) is 40.0 Å². The second kappa shape index (κ2) is 3.69. The van der Waals surface area contributed by atoms with E-state index in [0.29, 0.717) is 19.5 Å². The zero-order valence-electron chi connectivity index (χ0n) is 11.0. The fourth-order valence-corrected chi connectivity index (χ4v) is 3.99. The molecule has 2 rings (SSSR count). The van der Waals surface area contributed by atoms with E-state index in [1.165, 1.54) is 0 Å². The van der Waals surface area contributed by atoms with Crippen LogP contribution in [0, 0.1) is 16.2 Å². The molecule has 98 valence electrons. The van der Waals surface area contributed by atoms with Crippen LogP contribution >= 0.6 is 0 Å². The molecule has 0 radical (unpaired) electrons. The number of amides is 1. The van der Waals surface area contributed by atoms with E-state index in [9.17, 15) is 9.90 Å². The zero-order chi connectivity index (χ0) is 12.9. The van der Waals surface area contributed by atoms with E-state index >= 15 is 0 Å². The van der Waals surface area contributed by atoms with Crippen LogP contribution in [0.2, 0.25) is 0 Å². The van der Waals surface area contributed by atoms with E-state index in [0.717, 1.165) is 12.8 Å². The summed E-state index contributed by atoms with van der Waals surface area (Å²) >= 11 is 0. The number of carbonyl (C=O) groups is 1. The molecule has 3 atom stereocenters. The highest BCUT2D eigenvalue weighted by Gasteiger charge is 2.71. The summed E-state index contributed by atoms with van der Waals surface area (Å²) < 4.78 is 0. The maximum absolute atomic E-state index is 12.4. The minimum Gasteiger partial charge on any atom is -0.393 e. The lowest BCUT2D eigenvalue weighted by Gasteiger charge is -2.40. The number of aliphatic hydroxyl groups excluding tert-OH is 1. The predicted octanol–water partition coefficient (Wildman–Crippen LogP) is 0.639. The molecular formula is C13H24N2O2. The number of nitrogens with one attached hydrogen (secondary N) is 1. The van der Waals surface area contributed by atoms with Crippen LogP contribution in [0.3, 0.4) is 0 Å². The van der Waals surface area contributed by atoms with Crippen LogP contribution in [0.25, 0.3) is 0 Å². The average Bonchev–Trinajstić information content (AvgIpc) is 2.56. The third-order valence-electron chi connectivity index (χ3n) is 5.84. The number of fused-ring (bicyclic) bond motifs is 2. The highest BCUT2D eigenvalue weighted by Crippen LogP contribution is 2.72. The van der Waals surface area contributed by atoms with Gasteiger partial charge in [0.15, 0.2) is 0 Å². The van der Waals surface area contributed by atoms with Gasteiger partial charge in [0.05, 0.1) is 11.5 Å². The molecule has 4 heteroatoms. The Morgan fingerprint density at radius 3 is 2.47 bits per heavy atom. The van der Waals surface area contributed by atoms with Crippen LogP contribution in [0.5, 0.6) is 0 Å². The Morgan fingerprint density at radius 1 is 1.41 bits per heavy atom. The van der Waals surface area contributed by atoms with Crippen molar-refractivity contribution < 1.29 is 9.90 Å². The van der Waals surface area contributed by atoms with Crippen LogP contribution in [-0.2, 0) is 4.79 Å². The number of carbonyl (C=O) groups excluding carboxylic acids is 1. The lowest BCUT2D eigenvalue weighted by Crippen LogP contribution is -2.47. The monoisotopic (exact) mass is 240 g/mol. The molecule has 17 heavy (non-hydrogen) atoms. The molecule has 2 aliphatic rings. The van der Waals surface area contributed by atoms with Gasteiger partial charge in [-0.3, -0.25) is 4.79 Å². The molecule has 4 nitrogen and oxygen atoms in total. The molecule has 0 aromatic carbocycles. The molecular weight excluding hydrogens is 216 g/mol. The van der Waals surface area contributed by atoms with Crippen LogP contribution in [0.4, 0.5) is 0 Å². The maximum atomic E-state index is 12.4. The fraction of sp³-hybridized carbons (Fsp3) is 0.923. The van der Waals surface area contributed by atoms with Gasteiger partial charge in [-0.15, -0.1) is 0 Å². The third-order valence-corrected chi connectivity index (χ3v) is 5.84. The predicted molar refractivity (Wildman–Crippen MR) is 66.2 cm³/mol. The fourth-order valence-electron chi connectivity index (χ4n) is 3.99. The van der Waals surface area contributed by atoms with E-state index in [1.54, 1.807) is 0 Å². The Kier molecular flexibility index (Phi) is 2.79. The van der Waals surface area contributed by atoms with Crippen molar-refractivity contribution in [3.05, 3.63) is 0 Å². The van der Waals surface area contributed by atoms with Gasteiger partial charge < -0.3 is 16.2 Å². The first-order chi connectivity index (χ1) is 7.82. The smallest absolute Gasteiger partial charge is 0.226 e. The van der Waals surface area contributed by atoms with Gasteiger partial charge in [-0.25, -0.2) is 0 Å². The van der Waals surface area contributed by atoms with Crippen molar-refractivity contribution in [2.75, 3.05) is 13.1 Å². The van der Waals surface area contributed by atoms with E-state index in [4.69, 9.17) is 5.73 Å². The van der Waals surface area contributed by atoms with Crippen molar-refractivity contribution in [1.29, 1.82) is 0 Å². The summed E-state index contributed by atoms with van der Waals surface area (Å²) in [6.45, 7) is 7.34. The second-order valence-electron chi connectivity index (χ2n) is 6.39. The van der Waals surface area contributed by atoms with Crippen molar-refractivity contribution in [1.82, 2.24) is 5.32 Å². The van der Waals surface area contributed by atoms with E-state index < -0.39 is 5.41 Å². The molecule has 0 aromatic heterocycles. The van der Waals surface area contributed by atoms with Gasteiger partial charge in [0.25, 0.3) is 0 Å². The normalized spacial score (nSPS) is 42.8. The molecule has 0 aliphatic heterocycles. The van der Waals surface area contributed by atoms with Gasteiger partial charge >= 0.3 is 0 Å². The number of nitrogens with two attached hydrogens (primary N) is 1. The first kappa shape index (κ1) is 12.8. The van der Waals surface area contributed by atoms with Gasteiger partial charge in [-0.05, 0) is 30.1 Å². The summed E-state index contributed by atoms with van der Waals surface area (Å²) in [7, 11) is 0. The van der Waals surface area contributed by atoms with Crippen molar-refractivity contribution in [2.24, 2.45) is 22.0 Å². The molecule has 2 bridgehead atoms. The summed E-state index contributed by atoms with van der Waals surface area (Å²) in [6, 6.07) is 0. The lowest BCUT2D eigenvalue weighted by atomic mass is 9.64. The first-order valence-corrected chi connectivity index (χ1v) is 6.48. The summed E-state index contributed by atoms with van der Waals surface area (Å²) in [6.07, 6.45) is 2.03. The van der Waals surface area contributed by atoms with Gasteiger partial charge in [-0.2, -0.15) is 0 Å². The van der Waals surface area contributed by atoms with Gasteiger partial charge in [0.1, 0.15) is 0 Å². The number of hydrogen-bond acceptors (Lipinski definition) is 3. The Bertz CT molecular complexity index is 342. The molecule has 0 saturated heterocycles. The Balaban J connectivity index is 2.30. The SMILES string of the molecule is CC1(C)[C@@]2(C(=O)NCCN)CC[C@]1(C)[C@H](O)C2. The zero-order valence-corrected chi connectivity index (χ0v) is 11.0. The van der Waals surface area contributed by atoms with E-state index in [-0.39, 0.29) is 22.8 Å². The molecule has 0 unspecified atom stereocenters. The molecule has 0 heterocycles. The van der Waals surface area contributed by atoms with Gasteiger partial charge in [-0.1, -0.05) is 20.8 Å². The highest BCUT2D eigenvalue weighted by atomic mass is 16.3. The maximum Gasteiger partial charge on any atom is 0.226 e. The van der Waals surface area contributed by atoms with Crippen molar-refractivity contribution in [2.45, 2.75) is 46.1 Å². The van der Waals surface area contributed by atoms with Crippen LogP contribution in [0.15, 0.2) is 0 Å². The molecule has 2 aliphatic carbocycles. The van der Waals surface area contributed by atoms with Crippen LogP contribution < -0.4 is 11.1 Å². The molecule has 4 N–H and O–H groups in total. The van der Waals surface area contributed by atoms with Gasteiger partial charge in [0, 0.05) is 13.1 Å². The molecule has 2 fully saturated rings. The van der Waals surface area contributed by atoms with Gasteiger partial charge in [0.2, 0.25) is 5.91 Å². The Hall–Kier alpha value is -0.610. The summed E-state index contributed by atoms with van der Waals surface area (Å²) in [5, 5.41) is 13.2. The third kappa shape index (κ3) is 1.34. The molecule has 0 spiro atoms. The topological polar surface area (TPSA) is 75.4 Å². The van der Waals surface area contributed by atoms with E-state index in [2.05, 4.69) is 26.1 Å². The number of rotatable bonds is 3. The summed E-state index contributed by atoms with van der Waals surface area (Å²) in [4.78, 5) is 12.4. The number of hydrogen-bond donors (Lipinski definition) is 3. The Labute approximate surface area is 103 Å². The van der Waals surface area contributed by atoms with E-state index in [1.807, 2.05) is 0 Å². The summed E-state index contributed by atoms with van der Waals surface area (Å²) in [5.74, 6) is 0.0771. The van der Waals surface area contributed by atoms with Crippen molar-refractivity contribution in [3.8, 4) is 0 Å². The molecule has 2 saturated carbocycles. The standard InChI is InChI=1S/C13H24N2O2/c1-11(2)12(3)4-5-13(11,8-9(12)16)10(17)15-7-6-14/h9,16H,4-8,14H2,1-3H3,(H,15,17)/t9-,12-,13+/m1/s1. The largest absolute Gasteiger partial charge is 0.393 e. The summed E-state index contributed by atoms with van der Waals surface area (Å²) in [5.41, 5.74) is 4.73. The minimum atomic E-state index is -0.406. The number of aliphatic hydroxyl groups is 1. The molecule has 1 amide bonds. The quantitative estimate of drug-likeness (QED) is 0.677. The Morgan fingerprint density at radius 2 is 2.06 bits per heavy atom. The minimum absolute atomic E-state index is 0.0771. The molecule has 0 aromatic rings. The van der Waals surface area contributed by atoms with Crippen LogP contribution in [-0.4, -0.2) is 30.2 Å². The highest BCUT2D eigenvalue weighted by molar-refractivity contribution is 5.85. The van der Waals surface area contributed by atoms with Crippen molar-refractivity contribution >= 4 is 5.91 Å².